The number of fused-ring (bicyclic) bond motifs is 4. The van der Waals surface area contributed by atoms with E-state index in [9.17, 15) is 18.5 Å². The van der Waals surface area contributed by atoms with Crippen LogP contribution in [0.1, 0.15) is 30.5 Å². The van der Waals surface area contributed by atoms with Gasteiger partial charge in [0.2, 0.25) is 10.0 Å². The van der Waals surface area contributed by atoms with Gasteiger partial charge in [0.15, 0.2) is 0 Å². The molecule has 2 atom stereocenters. The summed E-state index contributed by atoms with van der Waals surface area (Å²) in [6.07, 6.45) is 0.877. The van der Waals surface area contributed by atoms with Crippen molar-refractivity contribution < 1.29 is 13.2 Å². The van der Waals surface area contributed by atoms with E-state index in [0.29, 0.717) is 32.0 Å². The fourth-order valence-electron chi connectivity index (χ4n) is 4.24. The molecule has 0 radical (unpaired) electrons. The van der Waals surface area contributed by atoms with Gasteiger partial charge in [0.05, 0.1) is 17.1 Å². The molecular formula is C20H21N3O4S. The zero-order valence-electron chi connectivity index (χ0n) is 15.5. The Bertz CT molecular complexity index is 1120. The number of pyridine rings is 1. The summed E-state index contributed by atoms with van der Waals surface area (Å²) in [5, 5.41) is 9.34. The van der Waals surface area contributed by atoms with Crippen molar-refractivity contribution in [2.75, 3.05) is 19.7 Å². The van der Waals surface area contributed by atoms with Crippen LogP contribution in [0.2, 0.25) is 0 Å². The van der Waals surface area contributed by atoms with Crippen molar-refractivity contribution in [3.8, 4) is 11.8 Å². The van der Waals surface area contributed by atoms with Gasteiger partial charge >= 0.3 is 0 Å². The second-order valence-corrected chi connectivity index (χ2v) is 9.16. The maximum absolute atomic E-state index is 13.2. The highest BCUT2D eigenvalue weighted by Gasteiger charge is 2.39. The number of piperidine rings is 1. The molecule has 0 amide bonds. The number of benzene rings is 1. The number of nitrogens with zero attached hydrogens (tertiary/aromatic N) is 3. The van der Waals surface area contributed by atoms with E-state index >= 15 is 0 Å². The van der Waals surface area contributed by atoms with Gasteiger partial charge in [-0.05, 0) is 43.5 Å². The molecule has 0 saturated carbocycles. The number of ether oxygens (including phenoxy) is 1. The monoisotopic (exact) mass is 399 g/mol. The van der Waals surface area contributed by atoms with Gasteiger partial charge in [-0.25, -0.2) is 8.42 Å². The van der Waals surface area contributed by atoms with E-state index in [-0.39, 0.29) is 27.9 Å². The molecule has 0 spiro atoms. The van der Waals surface area contributed by atoms with Crippen LogP contribution >= 0.6 is 0 Å². The first-order valence-corrected chi connectivity index (χ1v) is 10.7. The van der Waals surface area contributed by atoms with Crippen molar-refractivity contribution >= 4 is 10.0 Å². The molecule has 7 nitrogen and oxygen atoms in total. The maximum Gasteiger partial charge on any atom is 0.250 e. The minimum Gasteiger partial charge on any atom is -0.492 e. The van der Waals surface area contributed by atoms with Crippen molar-refractivity contribution in [1.82, 2.24) is 8.87 Å². The number of rotatable bonds is 4. The topological polar surface area (TPSA) is 92.4 Å². The van der Waals surface area contributed by atoms with Crippen LogP contribution in [0.25, 0.3) is 0 Å². The normalized spacial score (nSPS) is 21.6. The van der Waals surface area contributed by atoms with E-state index in [1.54, 1.807) is 16.7 Å². The highest BCUT2D eigenvalue weighted by molar-refractivity contribution is 7.89. The third kappa shape index (κ3) is 3.11. The average molecular weight is 399 g/mol. The fraction of sp³-hybridized carbons (Fsp3) is 0.400. The highest BCUT2D eigenvalue weighted by atomic mass is 32.2. The SMILES string of the molecule is CCOc1ccc(S(=O)(=O)N2CC3CC(C2)c2cccc(=O)n2C3)cc1C#N. The lowest BCUT2D eigenvalue weighted by Crippen LogP contribution is -2.49. The van der Waals surface area contributed by atoms with E-state index in [2.05, 4.69) is 0 Å². The lowest BCUT2D eigenvalue weighted by Gasteiger charge is -2.42. The summed E-state index contributed by atoms with van der Waals surface area (Å²) in [5.74, 6) is 0.473. The Morgan fingerprint density at radius 1 is 1.21 bits per heavy atom. The molecule has 1 aromatic carbocycles. The molecule has 8 heteroatoms. The minimum absolute atomic E-state index is 0.00527. The smallest absolute Gasteiger partial charge is 0.250 e. The summed E-state index contributed by atoms with van der Waals surface area (Å²) in [6.45, 7) is 3.44. The van der Waals surface area contributed by atoms with Crippen molar-refractivity contribution in [1.29, 1.82) is 5.26 Å². The molecule has 2 aromatic rings. The van der Waals surface area contributed by atoms with Crippen molar-refractivity contribution in [2.24, 2.45) is 5.92 Å². The molecule has 1 saturated heterocycles. The molecule has 2 aliphatic heterocycles. The first-order chi connectivity index (χ1) is 13.4. The predicted molar refractivity (Wildman–Crippen MR) is 103 cm³/mol. The zero-order chi connectivity index (χ0) is 19.9. The molecule has 0 aliphatic carbocycles. The third-order valence-electron chi connectivity index (χ3n) is 5.46. The molecule has 28 heavy (non-hydrogen) atoms. The minimum atomic E-state index is -3.74. The summed E-state index contributed by atoms with van der Waals surface area (Å²) in [4.78, 5) is 12.2. The number of nitriles is 1. The van der Waals surface area contributed by atoms with Crippen LogP contribution in [-0.2, 0) is 16.6 Å². The van der Waals surface area contributed by atoms with E-state index in [0.717, 1.165) is 12.1 Å². The maximum atomic E-state index is 13.2. The summed E-state index contributed by atoms with van der Waals surface area (Å²) in [7, 11) is -3.74. The van der Waals surface area contributed by atoms with Gasteiger partial charge in [0.25, 0.3) is 5.56 Å². The Labute approximate surface area is 163 Å². The van der Waals surface area contributed by atoms with Crippen LogP contribution in [0.5, 0.6) is 5.75 Å². The second kappa shape index (κ2) is 7.08. The fourth-order valence-corrected chi connectivity index (χ4v) is 5.82. The van der Waals surface area contributed by atoms with Crippen molar-refractivity contribution in [2.45, 2.75) is 30.7 Å². The Morgan fingerprint density at radius 3 is 2.79 bits per heavy atom. The summed E-state index contributed by atoms with van der Waals surface area (Å²) in [6, 6.07) is 11.6. The lowest BCUT2D eigenvalue weighted by molar-refractivity contribution is 0.186. The number of sulfonamides is 1. The molecule has 2 aliphatic rings. The lowest BCUT2D eigenvalue weighted by atomic mass is 9.84. The van der Waals surface area contributed by atoms with Gasteiger partial charge in [-0.2, -0.15) is 9.57 Å². The summed E-state index contributed by atoms with van der Waals surface area (Å²) < 4.78 is 35.1. The zero-order valence-corrected chi connectivity index (χ0v) is 16.4. The standard InChI is InChI=1S/C20H21N3O4S/c1-2-27-19-7-6-17(9-15(19)10-21)28(25,26)22-11-14-8-16(13-22)18-4-3-5-20(24)23(18)12-14/h3-7,9,14,16H,2,8,11-13H2,1H3. The van der Waals surface area contributed by atoms with Crippen LogP contribution in [0.3, 0.4) is 0 Å². The first kappa shape index (κ1) is 18.7. The van der Waals surface area contributed by atoms with E-state index < -0.39 is 10.0 Å². The Balaban J connectivity index is 1.67. The Kier molecular flexibility index (Phi) is 4.73. The van der Waals surface area contributed by atoms with E-state index in [1.807, 2.05) is 19.1 Å². The van der Waals surface area contributed by atoms with E-state index in [4.69, 9.17) is 4.74 Å². The molecule has 3 heterocycles. The Hall–Kier alpha value is -2.63. The van der Waals surface area contributed by atoms with Gasteiger partial charge in [0.1, 0.15) is 11.8 Å². The van der Waals surface area contributed by atoms with Gasteiger partial charge in [-0.3, -0.25) is 4.79 Å². The number of hydrogen-bond acceptors (Lipinski definition) is 5. The number of hydrogen-bond donors (Lipinski definition) is 0. The van der Waals surface area contributed by atoms with Crippen LogP contribution in [0, 0.1) is 17.2 Å². The molecule has 1 fully saturated rings. The second-order valence-electron chi connectivity index (χ2n) is 7.22. The summed E-state index contributed by atoms with van der Waals surface area (Å²) in [5.41, 5.74) is 1.07. The summed E-state index contributed by atoms with van der Waals surface area (Å²) >= 11 is 0. The quantitative estimate of drug-likeness (QED) is 0.783. The number of aromatic nitrogens is 1. The van der Waals surface area contributed by atoms with Crippen LogP contribution in [0.4, 0.5) is 0 Å². The molecule has 146 valence electrons. The van der Waals surface area contributed by atoms with E-state index in [1.165, 1.54) is 22.5 Å². The van der Waals surface area contributed by atoms with Crippen LogP contribution in [-0.4, -0.2) is 37.0 Å². The van der Waals surface area contributed by atoms with Crippen molar-refractivity contribution in [3.63, 3.8) is 0 Å². The molecule has 2 bridgehead atoms. The Morgan fingerprint density at radius 2 is 2.04 bits per heavy atom. The van der Waals surface area contributed by atoms with Gasteiger partial charge in [-0.1, -0.05) is 6.07 Å². The predicted octanol–water partition coefficient (Wildman–Crippen LogP) is 1.93. The van der Waals surface area contributed by atoms with Crippen LogP contribution in [0.15, 0.2) is 46.1 Å². The first-order valence-electron chi connectivity index (χ1n) is 9.31. The largest absolute Gasteiger partial charge is 0.492 e. The highest BCUT2D eigenvalue weighted by Crippen LogP contribution is 2.37. The average Bonchev–Trinajstić information content (AvgIpc) is 2.69. The van der Waals surface area contributed by atoms with Crippen molar-refractivity contribution in [3.05, 3.63) is 58.0 Å². The van der Waals surface area contributed by atoms with Gasteiger partial charge in [0, 0.05) is 37.3 Å². The molecule has 4 rings (SSSR count). The molecule has 1 aromatic heterocycles. The van der Waals surface area contributed by atoms with Gasteiger partial charge in [-0.15, -0.1) is 0 Å². The molecular weight excluding hydrogens is 378 g/mol. The third-order valence-corrected chi connectivity index (χ3v) is 7.28. The molecule has 0 N–H and O–H groups in total. The molecule has 2 unspecified atom stereocenters. The van der Waals surface area contributed by atoms with Gasteiger partial charge < -0.3 is 9.30 Å². The van der Waals surface area contributed by atoms with Crippen LogP contribution < -0.4 is 10.3 Å².